The number of likely N-dealkylation sites (tertiary alicyclic amines) is 1. The second-order valence-electron chi connectivity index (χ2n) is 5.69. The summed E-state index contributed by atoms with van der Waals surface area (Å²) in [7, 11) is 0. The summed E-state index contributed by atoms with van der Waals surface area (Å²) in [5.74, 6) is 0.115. The average Bonchev–Trinajstić information content (AvgIpc) is 3.23. The highest BCUT2D eigenvalue weighted by Gasteiger charge is 2.30. The number of halogens is 1. The predicted molar refractivity (Wildman–Crippen MR) is 95.7 cm³/mol. The lowest BCUT2D eigenvalue weighted by molar-refractivity contribution is -0.132. The molecule has 1 aromatic carbocycles. The first-order valence-electron chi connectivity index (χ1n) is 7.77. The lowest BCUT2D eigenvalue weighted by Gasteiger charge is -2.23. The number of hydrogen-bond acceptors (Lipinski definition) is 3. The standard InChI is InChI=1S/C18H18BrNO2S/c19-14-7-5-13(6-8-14)16(21)9-10-18(22)20-11-1-3-15(20)17-4-2-12-23-17/h2,4-8,12,15H,1,3,9-11H2/t15-/m1/s1. The molecule has 1 aliphatic heterocycles. The summed E-state index contributed by atoms with van der Waals surface area (Å²) >= 11 is 5.05. The van der Waals surface area contributed by atoms with E-state index in [0.717, 1.165) is 23.9 Å². The van der Waals surface area contributed by atoms with Crippen LogP contribution in [0, 0.1) is 0 Å². The zero-order valence-corrected chi connectivity index (χ0v) is 15.1. The van der Waals surface area contributed by atoms with Gasteiger partial charge in [-0.05, 0) is 36.4 Å². The molecule has 3 nitrogen and oxygen atoms in total. The van der Waals surface area contributed by atoms with E-state index in [1.54, 1.807) is 23.5 Å². The fraction of sp³-hybridized carbons (Fsp3) is 0.333. The molecule has 0 N–H and O–H groups in total. The Hall–Kier alpha value is -1.46. The largest absolute Gasteiger partial charge is 0.335 e. The first-order valence-corrected chi connectivity index (χ1v) is 9.44. The number of carbonyl (C=O) groups is 2. The van der Waals surface area contributed by atoms with Crippen molar-refractivity contribution in [2.45, 2.75) is 31.7 Å². The summed E-state index contributed by atoms with van der Waals surface area (Å²) in [6, 6.07) is 11.6. The van der Waals surface area contributed by atoms with Gasteiger partial charge in [0, 0.05) is 34.3 Å². The normalized spacial score (nSPS) is 17.4. The van der Waals surface area contributed by atoms with E-state index in [9.17, 15) is 9.59 Å². The zero-order chi connectivity index (χ0) is 16.2. The molecule has 2 aromatic rings. The van der Waals surface area contributed by atoms with Crippen LogP contribution in [0.1, 0.15) is 47.0 Å². The second-order valence-corrected chi connectivity index (χ2v) is 7.59. The van der Waals surface area contributed by atoms with Crippen molar-refractivity contribution in [1.29, 1.82) is 0 Å². The molecule has 0 radical (unpaired) electrons. The molecule has 0 bridgehead atoms. The fourth-order valence-electron chi connectivity index (χ4n) is 2.99. The summed E-state index contributed by atoms with van der Waals surface area (Å²) in [6.07, 6.45) is 2.62. The molecular formula is C18H18BrNO2S. The van der Waals surface area contributed by atoms with E-state index in [0.29, 0.717) is 5.56 Å². The number of ketones is 1. The van der Waals surface area contributed by atoms with Crippen LogP contribution in [0.5, 0.6) is 0 Å². The van der Waals surface area contributed by atoms with Crippen molar-refractivity contribution in [2.24, 2.45) is 0 Å². The van der Waals surface area contributed by atoms with Gasteiger partial charge < -0.3 is 4.90 Å². The average molecular weight is 392 g/mol. The van der Waals surface area contributed by atoms with Crippen LogP contribution >= 0.6 is 27.3 Å². The molecule has 2 heterocycles. The van der Waals surface area contributed by atoms with Crippen molar-refractivity contribution in [2.75, 3.05) is 6.54 Å². The molecule has 0 unspecified atom stereocenters. The molecule has 1 fully saturated rings. The van der Waals surface area contributed by atoms with Gasteiger partial charge in [0.15, 0.2) is 5.78 Å². The number of carbonyl (C=O) groups excluding carboxylic acids is 2. The molecule has 0 spiro atoms. The van der Waals surface area contributed by atoms with Crippen LogP contribution in [0.2, 0.25) is 0 Å². The lowest BCUT2D eigenvalue weighted by Crippen LogP contribution is -2.30. The Balaban J connectivity index is 1.58. The SMILES string of the molecule is O=C(CCC(=O)N1CCC[C@@H]1c1cccs1)c1ccc(Br)cc1. The van der Waals surface area contributed by atoms with Crippen molar-refractivity contribution >= 4 is 39.0 Å². The van der Waals surface area contributed by atoms with Gasteiger partial charge >= 0.3 is 0 Å². The number of amides is 1. The number of rotatable bonds is 5. The fourth-order valence-corrected chi connectivity index (χ4v) is 4.12. The highest BCUT2D eigenvalue weighted by Crippen LogP contribution is 2.34. The third-order valence-electron chi connectivity index (χ3n) is 4.18. The van der Waals surface area contributed by atoms with Gasteiger partial charge in [0.25, 0.3) is 0 Å². The van der Waals surface area contributed by atoms with Crippen LogP contribution in [0.15, 0.2) is 46.3 Å². The lowest BCUT2D eigenvalue weighted by atomic mass is 10.1. The van der Waals surface area contributed by atoms with Crippen LogP contribution in [0.25, 0.3) is 0 Å². The third-order valence-corrected chi connectivity index (χ3v) is 5.68. The van der Waals surface area contributed by atoms with Crippen molar-refractivity contribution in [3.63, 3.8) is 0 Å². The Morgan fingerprint density at radius 3 is 2.65 bits per heavy atom. The van der Waals surface area contributed by atoms with Crippen molar-refractivity contribution in [3.8, 4) is 0 Å². The molecule has 1 saturated heterocycles. The van der Waals surface area contributed by atoms with E-state index in [1.807, 2.05) is 28.5 Å². The van der Waals surface area contributed by atoms with Crippen molar-refractivity contribution in [3.05, 3.63) is 56.7 Å². The molecule has 5 heteroatoms. The third kappa shape index (κ3) is 3.90. The Morgan fingerprint density at radius 1 is 1.17 bits per heavy atom. The van der Waals surface area contributed by atoms with E-state index in [2.05, 4.69) is 22.0 Å². The van der Waals surface area contributed by atoms with Crippen LogP contribution in [-0.2, 0) is 4.79 Å². The summed E-state index contributed by atoms with van der Waals surface area (Å²) in [5.41, 5.74) is 0.664. The number of thiophene rings is 1. The number of benzene rings is 1. The zero-order valence-electron chi connectivity index (χ0n) is 12.7. The van der Waals surface area contributed by atoms with Gasteiger partial charge in [-0.25, -0.2) is 0 Å². The topological polar surface area (TPSA) is 37.4 Å². The van der Waals surface area contributed by atoms with Crippen molar-refractivity contribution < 1.29 is 9.59 Å². The summed E-state index contributed by atoms with van der Waals surface area (Å²) < 4.78 is 0.945. The highest BCUT2D eigenvalue weighted by atomic mass is 79.9. The summed E-state index contributed by atoms with van der Waals surface area (Å²) in [4.78, 5) is 27.9. The molecule has 3 rings (SSSR count). The highest BCUT2D eigenvalue weighted by molar-refractivity contribution is 9.10. The molecule has 1 aliphatic rings. The van der Waals surface area contributed by atoms with Gasteiger partial charge in [-0.15, -0.1) is 11.3 Å². The van der Waals surface area contributed by atoms with Crippen LogP contribution in [0.3, 0.4) is 0 Å². The molecular weight excluding hydrogens is 374 g/mol. The monoisotopic (exact) mass is 391 g/mol. The first kappa shape index (κ1) is 16.4. The van der Waals surface area contributed by atoms with Crippen LogP contribution in [0.4, 0.5) is 0 Å². The number of nitrogens with zero attached hydrogens (tertiary/aromatic N) is 1. The van der Waals surface area contributed by atoms with Crippen LogP contribution in [-0.4, -0.2) is 23.1 Å². The van der Waals surface area contributed by atoms with E-state index in [4.69, 9.17) is 0 Å². The smallest absolute Gasteiger partial charge is 0.223 e. The van der Waals surface area contributed by atoms with E-state index < -0.39 is 0 Å². The van der Waals surface area contributed by atoms with Gasteiger partial charge in [-0.2, -0.15) is 0 Å². The minimum atomic E-state index is 0.0257. The number of hydrogen-bond donors (Lipinski definition) is 0. The molecule has 1 atom stereocenters. The summed E-state index contributed by atoms with van der Waals surface area (Å²) in [6.45, 7) is 0.799. The molecule has 0 aliphatic carbocycles. The second kappa shape index (κ2) is 7.41. The molecule has 23 heavy (non-hydrogen) atoms. The van der Waals surface area contributed by atoms with Gasteiger partial charge in [-0.3, -0.25) is 9.59 Å². The predicted octanol–water partition coefficient (Wildman–Crippen LogP) is 4.84. The molecule has 120 valence electrons. The Bertz CT molecular complexity index is 682. The first-order chi connectivity index (χ1) is 11.1. The minimum absolute atomic E-state index is 0.0257. The Labute approximate surface area is 148 Å². The van der Waals surface area contributed by atoms with Gasteiger partial charge in [0.05, 0.1) is 6.04 Å². The van der Waals surface area contributed by atoms with Gasteiger partial charge in [0.1, 0.15) is 0 Å². The minimum Gasteiger partial charge on any atom is -0.335 e. The summed E-state index contributed by atoms with van der Waals surface area (Å²) in [5, 5.41) is 2.05. The maximum absolute atomic E-state index is 12.5. The van der Waals surface area contributed by atoms with E-state index >= 15 is 0 Å². The van der Waals surface area contributed by atoms with Gasteiger partial charge in [0.2, 0.25) is 5.91 Å². The maximum Gasteiger partial charge on any atom is 0.223 e. The Morgan fingerprint density at radius 2 is 1.96 bits per heavy atom. The quantitative estimate of drug-likeness (QED) is 0.683. The van der Waals surface area contributed by atoms with Crippen LogP contribution < -0.4 is 0 Å². The Kier molecular flexibility index (Phi) is 5.28. The maximum atomic E-state index is 12.5. The molecule has 1 amide bonds. The van der Waals surface area contributed by atoms with E-state index in [1.165, 1.54) is 4.88 Å². The molecule has 1 aromatic heterocycles. The molecule has 0 saturated carbocycles. The van der Waals surface area contributed by atoms with E-state index in [-0.39, 0.29) is 30.6 Å². The van der Waals surface area contributed by atoms with Gasteiger partial charge in [-0.1, -0.05) is 34.1 Å². The van der Waals surface area contributed by atoms with Crippen molar-refractivity contribution in [1.82, 2.24) is 4.90 Å². The number of Topliss-reactive ketones (excluding diaryl/α,β-unsaturated/α-hetero) is 1.